The number of benzene rings is 1. The number of hydrogen-bond acceptors (Lipinski definition) is 3. The van der Waals surface area contributed by atoms with Crippen LogP contribution < -0.4 is 4.74 Å². The molecule has 1 heterocycles. The van der Waals surface area contributed by atoms with Gasteiger partial charge in [0.05, 0.1) is 6.07 Å². The van der Waals surface area contributed by atoms with Crippen LogP contribution in [0.1, 0.15) is 12.8 Å². The van der Waals surface area contributed by atoms with Crippen molar-refractivity contribution in [2.45, 2.75) is 12.8 Å². The SMILES string of the molecule is N#CC1CCN(C(=O)COc2ccc(F)cc2F)CC1. The first-order valence-electron chi connectivity index (χ1n) is 6.35. The smallest absolute Gasteiger partial charge is 0.260 e. The Labute approximate surface area is 115 Å². The van der Waals surface area contributed by atoms with E-state index in [1.165, 1.54) is 0 Å². The molecule has 0 N–H and O–H groups in total. The van der Waals surface area contributed by atoms with E-state index in [1.54, 1.807) is 4.90 Å². The van der Waals surface area contributed by atoms with Crippen LogP contribution in [0.25, 0.3) is 0 Å². The minimum atomic E-state index is -0.832. The van der Waals surface area contributed by atoms with Gasteiger partial charge in [-0.3, -0.25) is 4.79 Å². The molecule has 6 heteroatoms. The lowest BCUT2D eigenvalue weighted by Gasteiger charge is -2.29. The molecule has 1 fully saturated rings. The van der Waals surface area contributed by atoms with E-state index in [-0.39, 0.29) is 24.2 Å². The van der Waals surface area contributed by atoms with Crippen molar-refractivity contribution in [3.05, 3.63) is 29.8 Å². The van der Waals surface area contributed by atoms with Gasteiger partial charge in [0.25, 0.3) is 5.91 Å². The summed E-state index contributed by atoms with van der Waals surface area (Å²) in [7, 11) is 0. The van der Waals surface area contributed by atoms with Crippen molar-refractivity contribution in [2.24, 2.45) is 5.92 Å². The van der Waals surface area contributed by atoms with Gasteiger partial charge in [0.15, 0.2) is 18.2 Å². The van der Waals surface area contributed by atoms with Crippen molar-refractivity contribution in [1.82, 2.24) is 4.90 Å². The maximum absolute atomic E-state index is 13.3. The van der Waals surface area contributed by atoms with Crippen LogP contribution in [0.5, 0.6) is 5.75 Å². The van der Waals surface area contributed by atoms with Crippen LogP contribution in [0.2, 0.25) is 0 Å². The van der Waals surface area contributed by atoms with E-state index >= 15 is 0 Å². The fourth-order valence-corrected chi connectivity index (χ4v) is 2.08. The summed E-state index contributed by atoms with van der Waals surface area (Å²) in [5.41, 5.74) is 0. The molecular weight excluding hydrogens is 266 g/mol. The largest absolute Gasteiger partial charge is 0.481 e. The van der Waals surface area contributed by atoms with Crippen molar-refractivity contribution >= 4 is 5.91 Å². The Morgan fingerprint density at radius 1 is 1.40 bits per heavy atom. The molecule has 20 heavy (non-hydrogen) atoms. The Bertz CT molecular complexity index is 534. The van der Waals surface area contributed by atoms with Gasteiger partial charge in [-0.05, 0) is 25.0 Å². The van der Waals surface area contributed by atoms with Crippen molar-refractivity contribution in [3.8, 4) is 11.8 Å². The number of nitrogens with zero attached hydrogens (tertiary/aromatic N) is 2. The molecule has 1 aliphatic heterocycles. The van der Waals surface area contributed by atoms with E-state index in [0.29, 0.717) is 32.0 Å². The molecule has 0 unspecified atom stereocenters. The molecule has 1 aromatic rings. The van der Waals surface area contributed by atoms with Crippen molar-refractivity contribution in [1.29, 1.82) is 5.26 Å². The molecule has 0 spiro atoms. The van der Waals surface area contributed by atoms with Crippen LogP contribution in [0.15, 0.2) is 18.2 Å². The summed E-state index contributed by atoms with van der Waals surface area (Å²) in [5, 5.41) is 8.77. The maximum atomic E-state index is 13.3. The Morgan fingerprint density at radius 2 is 2.10 bits per heavy atom. The topological polar surface area (TPSA) is 53.3 Å². The molecule has 1 aliphatic rings. The fraction of sp³-hybridized carbons (Fsp3) is 0.429. The third kappa shape index (κ3) is 3.44. The highest BCUT2D eigenvalue weighted by molar-refractivity contribution is 5.77. The Kier molecular flexibility index (Phi) is 4.51. The summed E-state index contributed by atoms with van der Waals surface area (Å²) in [4.78, 5) is 13.5. The second-order valence-electron chi connectivity index (χ2n) is 4.65. The zero-order valence-corrected chi connectivity index (χ0v) is 10.8. The molecule has 1 amide bonds. The lowest BCUT2D eigenvalue weighted by Crippen LogP contribution is -2.40. The van der Waals surface area contributed by atoms with E-state index in [9.17, 15) is 13.6 Å². The lowest BCUT2D eigenvalue weighted by molar-refractivity contribution is -0.134. The number of piperidine rings is 1. The van der Waals surface area contributed by atoms with Crippen LogP contribution in [0.3, 0.4) is 0 Å². The number of nitriles is 1. The highest BCUT2D eigenvalue weighted by atomic mass is 19.1. The third-order valence-electron chi connectivity index (χ3n) is 3.28. The number of ether oxygens (including phenoxy) is 1. The second-order valence-corrected chi connectivity index (χ2v) is 4.65. The molecule has 0 aromatic heterocycles. The van der Waals surface area contributed by atoms with Gasteiger partial charge in [-0.2, -0.15) is 5.26 Å². The number of amides is 1. The normalized spacial score (nSPS) is 15.8. The van der Waals surface area contributed by atoms with Gasteiger partial charge >= 0.3 is 0 Å². The summed E-state index contributed by atoms with van der Waals surface area (Å²) in [6.45, 7) is 0.721. The first-order chi connectivity index (χ1) is 9.60. The van der Waals surface area contributed by atoms with Crippen LogP contribution in [-0.2, 0) is 4.79 Å². The summed E-state index contributed by atoms with van der Waals surface area (Å²) in [5.74, 6) is -1.94. The molecular formula is C14H14F2N2O2. The third-order valence-corrected chi connectivity index (χ3v) is 3.28. The number of hydrogen-bond donors (Lipinski definition) is 0. The van der Waals surface area contributed by atoms with Gasteiger partial charge in [-0.15, -0.1) is 0 Å². The zero-order valence-electron chi connectivity index (χ0n) is 10.8. The predicted octanol–water partition coefficient (Wildman–Crippen LogP) is 2.11. The molecule has 0 atom stereocenters. The van der Waals surface area contributed by atoms with Gasteiger partial charge < -0.3 is 9.64 Å². The van der Waals surface area contributed by atoms with Crippen LogP contribution in [0, 0.1) is 28.9 Å². The van der Waals surface area contributed by atoms with E-state index < -0.39 is 11.6 Å². The monoisotopic (exact) mass is 280 g/mol. The first-order valence-corrected chi connectivity index (χ1v) is 6.35. The van der Waals surface area contributed by atoms with Crippen LogP contribution >= 0.6 is 0 Å². The maximum Gasteiger partial charge on any atom is 0.260 e. The van der Waals surface area contributed by atoms with E-state index in [4.69, 9.17) is 10.00 Å². The van der Waals surface area contributed by atoms with Gasteiger partial charge in [-0.25, -0.2) is 8.78 Å². The van der Waals surface area contributed by atoms with Gasteiger partial charge in [0, 0.05) is 25.1 Å². The Balaban J connectivity index is 1.85. The molecule has 0 radical (unpaired) electrons. The second kappa shape index (κ2) is 6.33. The Morgan fingerprint density at radius 3 is 2.70 bits per heavy atom. The van der Waals surface area contributed by atoms with Crippen molar-refractivity contribution < 1.29 is 18.3 Å². The quantitative estimate of drug-likeness (QED) is 0.852. The standard InChI is InChI=1S/C14H14F2N2O2/c15-11-1-2-13(12(16)7-11)20-9-14(19)18-5-3-10(8-17)4-6-18/h1-2,7,10H,3-6,9H2. The summed E-state index contributed by atoms with van der Waals surface area (Å²) in [6.07, 6.45) is 1.29. The average molecular weight is 280 g/mol. The average Bonchev–Trinajstić information content (AvgIpc) is 2.46. The molecule has 0 aliphatic carbocycles. The van der Waals surface area contributed by atoms with Crippen LogP contribution in [-0.4, -0.2) is 30.5 Å². The van der Waals surface area contributed by atoms with Crippen molar-refractivity contribution in [3.63, 3.8) is 0 Å². The van der Waals surface area contributed by atoms with Crippen molar-refractivity contribution in [2.75, 3.05) is 19.7 Å². The number of carbonyl (C=O) groups is 1. The zero-order chi connectivity index (χ0) is 14.5. The van der Waals surface area contributed by atoms with E-state index in [1.807, 2.05) is 0 Å². The summed E-state index contributed by atoms with van der Waals surface area (Å²) < 4.78 is 31.1. The number of rotatable bonds is 3. The van der Waals surface area contributed by atoms with E-state index in [0.717, 1.165) is 12.1 Å². The minimum Gasteiger partial charge on any atom is -0.481 e. The Hall–Kier alpha value is -2.16. The molecule has 1 saturated heterocycles. The first kappa shape index (κ1) is 14.3. The molecule has 106 valence electrons. The highest BCUT2D eigenvalue weighted by Crippen LogP contribution is 2.19. The molecule has 1 aromatic carbocycles. The molecule has 0 bridgehead atoms. The van der Waals surface area contributed by atoms with Gasteiger partial charge in [0.2, 0.25) is 0 Å². The summed E-state index contributed by atoms with van der Waals surface area (Å²) >= 11 is 0. The van der Waals surface area contributed by atoms with Crippen LogP contribution in [0.4, 0.5) is 8.78 Å². The molecule has 4 nitrogen and oxygen atoms in total. The molecule has 2 rings (SSSR count). The van der Waals surface area contributed by atoms with Gasteiger partial charge in [-0.1, -0.05) is 0 Å². The molecule has 0 saturated carbocycles. The number of carbonyl (C=O) groups excluding carboxylic acids is 1. The lowest BCUT2D eigenvalue weighted by atomic mass is 9.99. The minimum absolute atomic E-state index is 0.00508. The number of halogens is 2. The number of likely N-dealkylation sites (tertiary alicyclic amines) is 1. The summed E-state index contributed by atoms with van der Waals surface area (Å²) in [6, 6.07) is 5.11. The fourth-order valence-electron chi connectivity index (χ4n) is 2.08. The van der Waals surface area contributed by atoms with E-state index in [2.05, 4.69) is 6.07 Å². The highest BCUT2D eigenvalue weighted by Gasteiger charge is 2.22. The predicted molar refractivity (Wildman–Crippen MR) is 66.8 cm³/mol. The van der Waals surface area contributed by atoms with Gasteiger partial charge in [0.1, 0.15) is 5.82 Å².